The number of fused-ring (bicyclic) bond motifs is 1. The summed E-state index contributed by atoms with van der Waals surface area (Å²) in [5, 5.41) is 4.01. The number of ether oxygens (including phenoxy) is 1. The molecule has 1 fully saturated rings. The summed E-state index contributed by atoms with van der Waals surface area (Å²) >= 11 is 1.51. The van der Waals surface area contributed by atoms with Gasteiger partial charge in [-0.25, -0.2) is 0 Å². The number of rotatable bonds is 6. The molecule has 0 bridgehead atoms. The van der Waals surface area contributed by atoms with E-state index in [0.717, 1.165) is 61.3 Å². The summed E-state index contributed by atoms with van der Waals surface area (Å²) in [7, 11) is 0. The number of nitrogens with one attached hydrogen (secondary N) is 1. The lowest BCUT2D eigenvalue weighted by molar-refractivity contribution is -0.116. The van der Waals surface area contributed by atoms with Crippen molar-refractivity contribution in [3.63, 3.8) is 0 Å². The van der Waals surface area contributed by atoms with Crippen LogP contribution in [0, 0.1) is 0 Å². The Kier molecular flexibility index (Phi) is 4.85. The highest BCUT2D eigenvalue weighted by atomic mass is 32.2. The van der Waals surface area contributed by atoms with Crippen LogP contribution in [0.5, 0.6) is 0 Å². The lowest BCUT2D eigenvalue weighted by Crippen LogP contribution is -2.26. The molecule has 0 aromatic heterocycles. The summed E-state index contributed by atoms with van der Waals surface area (Å²) in [6.07, 6.45) is 6.12. The Morgan fingerprint density at radius 2 is 2.43 bits per heavy atom. The van der Waals surface area contributed by atoms with Gasteiger partial charge in [-0.1, -0.05) is 0 Å². The van der Waals surface area contributed by atoms with Gasteiger partial charge in [0.2, 0.25) is 0 Å². The predicted octanol–water partition coefficient (Wildman–Crippen LogP) is 2.10. The van der Waals surface area contributed by atoms with E-state index >= 15 is 0 Å². The third kappa shape index (κ3) is 3.43. The first-order valence-electron chi connectivity index (χ1n) is 7.86. The molecule has 3 aliphatic heterocycles. The lowest BCUT2D eigenvalue weighted by atomic mass is 10.1. The van der Waals surface area contributed by atoms with Crippen LogP contribution in [0.25, 0.3) is 0 Å². The summed E-state index contributed by atoms with van der Waals surface area (Å²) in [4.78, 5) is 19.6. The topological polar surface area (TPSA) is 53.9 Å². The minimum atomic E-state index is 0.0479. The van der Waals surface area contributed by atoms with Crippen LogP contribution in [-0.4, -0.2) is 48.3 Å². The first kappa shape index (κ1) is 14.9. The first-order chi connectivity index (χ1) is 10.3. The second-order valence-electron chi connectivity index (χ2n) is 5.72. The maximum atomic E-state index is 12.2. The van der Waals surface area contributed by atoms with E-state index in [-0.39, 0.29) is 5.91 Å². The van der Waals surface area contributed by atoms with E-state index in [0.29, 0.717) is 6.10 Å². The van der Waals surface area contributed by atoms with Gasteiger partial charge in [-0.15, -0.1) is 0 Å². The molecule has 1 saturated heterocycles. The van der Waals surface area contributed by atoms with Crippen LogP contribution in [-0.2, 0) is 9.53 Å². The highest BCUT2D eigenvalue weighted by Crippen LogP contribution is 2.36. The maximum absolute atomic E-state index is 12.2. The van der Waals surface area contributed by atoms with Gasteiger partial charge in [0.05, 0.1) is 17.6 Å². The van der Waals surface area contributed by atoms with Crippen molar-refractivity contribution in [3.05, 3.63) is 10.6 Å². The van der Waals surface area contributed by atoms with Gasteiger partial charge in [-0.05, 0) is 50.8 Å². The monoisotopic (exact) mass is 309 g/mol. The number of hydrogen-bond donors (Lipinski definition) is 1. The number of aliphatic imine (C=N–C) groups is 1. The van der Waals surface area contributed by atoms with Crippen molar-refractivity contribution in [1.82, 2.24) is 10.2 Å². The third-order valence-electron chi connectivity index (χ3n) is 4.20. The maximum Gasteiger partial charge on any atom is 0.259 e. The summed E-state index contributed by atoms with van der Waals surface area (Å²) in [5.74, 6) is 0.0479. The average Bonchev–Trinajstić information content (AvgIpc) is 3.18. The Hall–Kier alpha value is -1.01. The summed E-state index contributed by atoms with van der Waals surface area (Å²) in [6, 6.07) is 0. The van der Waals surface area contributed by atoms with E-state index in [1.54, 1.807) is 0 Å². The number of nitrogens with zero attached hydrogens (tertiary/aromatic N) is 2. The fraction of sp³-hybridized carbons (Fsp3) is 0.733. The molecule has 0 aliphatic carbocycles. The molecule has 6 heteroatoms. The largest absolute Gasteiger partial charge is 0.378 e. The number of amides is 1. The zero-order valence-electron chi connectivity index (χ0n) is 12.6. The Bertz CT molecular complexity index is 470. The van der Waals surface area contributed by atoms with Crippen LogP contribution in [0.15, 0.2) is 15.6 Å². The summed E-state index contributed by atoms with van der Waals surface area (Å²) < 4.78 is 5.60. The van der Waals surface area contributed by atoms with Gasteiger partial charge < -0.3 is 15.0 Å². The van der Waals surface area contributed by atoms with E-state index in [1.165, 1.54) is 24.6 Å². The molecule has 5 nitrogen and oxygen atoms in total. The van der Waals surface area contributed by atoms with Crippen molar-refractivity contribution in [2.45, 2.75) is 45.1 Å². The fourth-order valence-electron chi connectivity index (χ4n) is 2.97. The zero-order chi connectivity index (χ0) is 14.7. The highest BCUT2D eigenvalue weighted by molar-refractivity contribution is 8.18. The number of carbonyl (C=O) groups excluding carboxylic acids is 1. The molecule has 116 valence electrons. The molecule has 3 aliphatic rings. The molecule has 1 atom stereocenters. The smallest absolute Gasteiger partial charge is 0.259 e. The first-order valence-corrected chi connectivity index (χ1v) is 8.68. The zero-order valence-corrected chi connectivity index (χ0v) is 13.4. The van der Waals surface area contributed by atoms with Crippen LogP contribution in [0.1, 0.15) is 39.0 Å². The van der Waals surface area contributed by atoms with E-state index < -0.39 is 0 Å². The minimum absolute atomic E-state index is 0.0479. The minimum Gasteiger partial charge on any atom is -0.378 e. The average molecular weight is 309 g/mol. The van der Waals surface area contributed by atoms with Gasteiger partial charge in [-0.3, -0.25) is 9.79 Å². The molecular weight excluding hydrogens is 286 g/mol. The summed E-state index contributed by atoms with van der Waals surface area (Å²) in [5.41, 5.74) is 1.05. The van der Waals surface area contributed by atoms with E-state index in [1.807, 2.05) is 6.92 Å². The third-order valence-corrected chi connectivity index (χ3v) is 5.41. The highest BCUT2D eigenvalue weighted by Gasteiger charge is 2.32. The van der Waals surface area contributed by atoms with Crippen LogP contribution in [0.3, 0.4) is 0 Å². The number of allylic oxidation sites excluding steroid dienone is 1. The Morgan fingerprint density at radius 3 is 3.19 bits per heavy atom. The molecular formula is C15H23N3O2S. The lowest BCUT2D eigenvalue weighted by Gasteiger charge is -2.12. The molecule has 1 unspecified atom stereocenters. The molecule has 3 heterocycles. The van der Waals surface area contributed by atoms with Crippen molar-refractivity contribution in [3.8, 4) is 0 Å². The quantitative estimate of drug-likeness (QED) is 0.764. The van der Waals surface area contributed by atoms with Crippen LogP contribution in [0.2, 0.25) is 0 Å². The van der Waals surface area contributed by atoms with Crippen molar-refractivity contribution in [1.29, 1.82) is 0 Å². The molecule has 3 rings (SSSR count). The summed E-state index contributed by atoms with van der Waals surface area (Å²) in [6.45, 7) is 5.43. The number of carbonyl (C=O) groups is 1. The van der Waals surface area contributed by atoms with Crippen LogP contribution >= 0.6 is 11.8 Å². The van der Waals surface area contributed by atoms with E-state index in [4.69, 9.17) is 4.74 Å². The Balaban J connectivity index is 1.36. The number of hydrogen-bond acceptors (Lipinski definition) is 5. The van der Waals surface area contributed by atoms with Gasteiger partial charge in [-0.2, -0.15) is 0 Å². The standard InChI is InChI=1S/C15H23N3O2S/c1-11-13(21-15-17-8-9-18(11)15)14(19)16-7-3-2-5-12-6-4-10-20-12/h12H,2-10H2,1H3,(H,16,19). The molecule has 0 aromatic carbocycles. The fourth-order valence-corrected chi connectivity index (χ4v) is 4.07. The second-order valence-corrected chi connectivity index (χ2v) is 6.70. The van der Waals surface area contributed by atoms with Gasteiger partial charge in [0, 0.05) is 25.4 Å². The van der Waals surface area contributed by atoms with Crippen molar-refractivity contribution < 1.29 is 9.53 Å². The molecule has 0 saturated carbocycles. The molecule has 0 spiro atoms. The molecule has 21 heavy (non-hydrogen) atoms. The normalized spacial score (nSPS) is 24.5. The van der Waals surface area contributed by atoms with Crippen molar-refractivity contribution >= 4 is 22.8 Å². The van der Waals surface area contributed by atoms with Gasteiger partial charge in [0.15, 0.2) is 5.17 Å². The van der Waals surface area contributed by atoms with Crippen molar-refractivity contribution in [2.24, 2.45) is 4.99 Å². The molecule has 0 aromatic rings. The van der Waals surface area contributed by atoms with Crippen LogP contribution < -0.4 is 5.32 Å². The second kappa shape index (κ2) is 6.83. The number of thioether (sulfide) groups is 1. The van der Waals surface area contributed by atoms with Crippen LogP contribution in [0.4, 0.5) is 0 Å². The number of unbranched alkanes of at least 4 members (excludes halogenated alkanes) is 1. The van der Waals surface area contributed by atoms with Gasteiger partial charge in [0.25, 0.3) is 5.91 Å². The van der Waals surface area contributed by atoms with Crippen molar-refractivity contribution in [2.75, 3.05) is 26.2 Å². The Morgan fingerprint density at radius 1 is 1.52 bits per heavy atom. The van der Waals surface area contributed by atoms with E-state index in [2.05, 4.69) is 15.2 Å². The molecule has 1 N–H and O–H groups in total. The van der Waals surface area contributed by atoms with Gasteiger partial charge in [0.1, 0.15) is 0 Å². The molecule has 1 amide bonds. The van der Waals surface area contributed by atoms with E-state index in [9.17, 15) is 4.79 Å². The van der Waals surface area contributed by atoms with Gasteiger partial charge >= 0.3 is 0 Å². The predicted molar refractivity (Wildman–Crippen MR) is 85.1 cm³/mol. The Labute approximate surface area is 130 Å². The number of amidine groups is 1. The molecule has 0 radical (unpaired) electrons. The SMILES string of the molecule is CC1=C(C(=O)NCCCCC2CCCO2)SC2=NCCN21.